The summed E-state index contributed by atoms with van der Waals surface area (Å²) < 4.78 is 0.725. The van der Waals surface area contributed by atoms with Crippen molar-refractivity contribution in [1.29, 1.82) is 0 Å². The monoisotopic (exact) mass is 366 g/mol. The van der Waals surface area contributed by atoms with Crippen molar-refractivity contribution in [1.82, 2.24) is 5.32 Å². The smallest absolute Gasteiger partial charge is 0.239 e. The summed E-state index contributed by atoms with van der Waals surface area (Å²) in [6, 6.07) is 3.70. The SMILES string of the molecule is CC(C)C(C)NC(=O)CNc1ccc(Br)c(Cl)c1Cl. The van der Waals surface area contributed by atoms with E-state index >= 15 is 0 Å². The molecule has 3 nitrogen and oxygen atoms in total. The fraction of sp³-hybridized carbons (Fsp3) is 0.462. The van der Waals surface area contributed by atoms with Crippen LogP contribution in [0, 0.1) is 5.92 Å². The fourth-order valence-electron chi connectivity index (χ4n) is 1.31. The van der Waals surface area contributed by atoms with Crippen LogP contribution in [0.25, 0.3) is 0 Å². The van der Waals surface area contributed by atoms with Crippen LogP contribution in [0.4, 0.5) is 5.69 Å². The second-order valence-electron chi connectivity index (χ2n) is 4.68. The van der Waals surface area contributed by atoms with Crippen LogP contribution >= 0.6 is 39.1 Å². The molecule has 1 aromatic carbocycles. The Morgan fingerprint density at radius 1 is 1.26 bits per heavy atom. The molecule has 1 aromatic rings. The number of hydrogen-bond acceptors (Lipinski definition) is 2. The molecule has 1 unspecified atom stereocenters. The van der Waals surface area contributed by atoms with Crippen molar-refractivity contribution in [2.45, 2.75) is 26.8 Å². The first-order chi connectivity index (χ1) is 8.82. The van der Waals surface area contributed by atoms with Crippen molar-refractivity contribution < 1.29 is 4.79 Å². The zero-order valence-corrected chi connectivity index (χ0v) is 14.2. The molecule has 0 radical (unpaired) electrons. The first-order valence-electron chi connectivity index (χ1n) is 5.99. The Kier molecular flexibility index (Phi) is 6.43. The van der Waals surface area contributed by atoms with E-state index in [9.17, 15) is 4.79 Å². The molecule has 1 rings (SSSR count). The van der Waals surface area contributed by atoms with Gasteiger partial charge < -0.3 is 10.6 Å². The van der Waals surface area contributed by atoms with Crippen LogP contribution in [0.15, 0.2) is 16.6 Å². The van der Waals surface area contributed by atoms with Gasteiger partial charge in [0, 0.05) is 10.5 Å². The average Bonchev–Trinajstić information content (AvgIpc) is 2.35. The number of carbonyl (C=O) groups excluding carboxylic acids is 1. The van der Waals surface area contributed by atoms with Gasteiger partial charge in [-0.1, -0.05) is 37.0 Å². The minimum Gasteiger partial charge on any atom is -0.375 e. The summed E-state index contributed by atoms with van der Waals surface area (Å²) in [5.74, 6) is 0.325. The molecule has 0 aliphatic heterocycles. The number of carbonyl (C=O) groups is 1. The molecule has 1 amide bonds. The zero-order valence-electron chi connectivity index (χ0n) is 11.1. The number of amides is 1. The minimum absolute atomic E-state index is 0.0729. The van der Waals surface area contributed by atoms with Gasteiger partial charge in [0.2, 0.25) is 5.91 Å². The largest absolute Gasteiger partial charge is 0.375 e. The highest BCUT2D eigenvalue weighted by Crippen LogP contribution is 2.35. The molecule has 0 saturated carbocycles. The molecule has 0 aliphatic rings. The van der Waals surface area contributed by atoms with Gasteiger partial charge in [-0.3, -0.25) is 4.79 Å². The number of nitrogens with one attached hydrogen (secondary N) is 2. The lowest BCUT2D eigenvalue weighted by Crippen LogP contribution is -2.39. The summed E-state index contributed by atoms with van der Waals surface area (Å²) in [7, 11) is 0. The zero-order chi connectivity index (χ0) is 14.6. The van der Waals surface area contributed by atoms with Crippen molar-refractivity contribution in [3.05, 3.63) is 26.7 Å². The Hall–Kier alpha value is -0.450. The van der Waals surface area contributed by atoms with Crippen LogP contribution in [0.5, 0.6) is 0 Å². The van der Waals surface area contributed by atoms with E-state index in [4.69, 9.17) is 23.2 Å². The Morgan fingerprint density at radius 3 is 2.47 bits per heavy atom. The number of anilines is 1. The maximum atomic E-state index is 11.7. The lowest BCUT2D eigenvalue weighted by Gasteiger charge is -2.18. The van der Waals surface area contributed by atoms with Crippen molar-refractivity contribution in [2.24, 2.45) is 5.92 Å². The number of rotatable bonds is 5. The standard InChI is InChI=1S/C13H17BrCl2N2O/c1-7(2)8(3)18-11(19)6-17-10-5-4-9(14)12(15)13(10)16/h4-5,7-8,17H,6H2,1-3H3,(H,18,19). The Labute approximate surface area is 132 Å². The molecule has 0 saturated heterocycles. The van der Waals surface area contributed by atoms with Crippen molar-refractivity contribution in [3.63, 3.8) is 0 Å². The summed E-state index contributed by atoms with van der Waals surface area (Å²) in [4.78, 5) is 11.7. The molecule has 0 aromatic heterocycles. The first kappa shape index (κ1) is 16.6. The van der Waals surface area contributed by atoms with Gasteiger partial charge in [-0.2, -0.15) is 0 Å². The van der Waals surface area contributed by atoms with E-state index in [0.717, 1.165) is 4.47 Å². The molecule has 0 fully saturated rings. The highest BCUT2D eigenvalue weighted by molar-refractivity contribution is 9.10. The van der Waals surface area contributed by atoms with Crippen LogP contribution in [0.2, 0.25) is 10.0 Å². The highest BCUT2D eigenvalue weighted by atomic mass is 79.9. The molecule has 1 atom stereocenters. The van der Waals surface area contributed by atoms with E-state index in [-0.39, 0.29) is 18.5 Å². The predicted octanol–water partition coefficient (Wildman–Crippen LogP) is 4.33. The van der Waals surface area contributed by atoms with Crippen molar-refractivity contribution in [2.75, 3.05) is 11.9 Å². The number of halogens is 3. The molecule has 106 valence electrons. The van der Waals surface area contributed by atoms with Crippen molar-refractivity contribution in [3.8, 4) is 0 Å². The van der Waals surface area contributed by atoms with E-state index in [0.29, 0.717) is 21.7 Å². The molecule has 2 N–H and O–H groups in total. The van der Waals surface area contributed by atoms with Crippen LogP contribution in [0.1, 0.15) is 20.8 Å². The highest BCUT2D eigenvalue weighted by Gasteiger charge is 2.12. The van der Waals surface area contributed by atoms with Gasteiger partial charge >= 0.3 is 0 Å². The van der Waals surface area contributed by atoms with Gasteiger partial charge in [0.1, 0.15) is 0 Å². The molecule has 6 heteroatoms. The lowest BCUT2D eigenvalue weighted by molar-refractivity contribution is -0.120. The van der Waals surface area contributed by atoms with Crippen LogP contribution < -0.4 is 10.6 Å². The van der Waals surface area contributed by atoms with E-state index in [2.05, 4.69) is 40.4 Å². The lowest BCUT2D eigenvalue weighted by atomic mass is 10.1. The summed E-state index contributed by atoms with van der Waals surface area (Å²) in [6.07, 6.45) is 0. The maximum absolute atomic E-state index is 11.7. The fourth-order valence-corrected chi connectivity index (χ4v) is 2.15. The Balaban J connectivity index is 2.58. The average molecular weight is 368 g/mol. The van der Waals surface area contributed by atoms with Gasteiger partial charge in [0.15, 0.2) is 0 Å². The van der Waals surface area contributed by atoms with Gasteiger partial charge in [-0.05, 0) is 40.9 Å². The molecular weight excluding hydrogens is 351 g/mol. The van der Waals surface area contributed by atoms with Gasteiger partial charge in [0.05, 0.1) is 22.3 Å². The first-order valence-corrected chi connectivity index (χ1v) is 7.54. The van der Waals surface area contributed by atoms with Crippen molar-refractivity contribution >= 4 is 50.7 Å². The van der Waals surface area contributed by atoms with E-state index in [1.165, 1.54) is 0 Å². The number of hydrogen-bond donors (Lipinski definition) is 2. The predicted molar refractivity (Wildman–Crippen MR) is 85.1 cm³/mol. The third-order valence-electron chi connectivity index (χ3n) is 2.86. The van der Waals surface area contributed by atoms with E-state index in [1.54, 1.807) is 12.1 Å². The van der Waals surface area contributed by atoms with Crippen LogP contribution in [-0.2, 0) is 4.79 Å². The Bertz CT molecular complexity index is 466. The summed E-state index contributed by atoms with van der Waals surface area (Å²) in [5, 5.41) is 6.72. The molecule has 0 heterocycles. The molecule has 19 heavy (non-hydrogen) atoms. The van der Waals surface area contributed by atoms with Gasteiger partial charge in [0.25, 0.3) is 0 Å². The van der Waals surface area contributed by atoms with Gasteiger partial charge in [-0.25, -0.2) is 0 Å². The Morgan fingerprint density at radius 2 is 1.89 bits per heavy atom. The second kappa shape index (κ2) is 7.36. The normalized spacial score (nSPS) is 12.4. The second-order valence-corrected chi connectivity index (χ2v) is 6.29. The molecule has 0 bridgehead atoms. The third kappa shape index (κ3) is 4.86. The molecular formula is C13H17BrCl2N2O. The summed E-state index contributed by atoms with van der Waals surface area (Å²) in [5.41, 5.74) is 0.641. The minimum atomic E-state index is -0.0729. The maximum Gasteiger partial charge on any atom is 0.239 e. The third-order valence-corrected chi connectivity index (χ3v) is 4.63. The summed E-state index contributed by atoms with van der Waals surface area (Å²) >= 11 is 15.4. The topological polar surface area (TPSA) is 41.1 Å². The van der Waals surface area contributed by atoms with Crippen LogP contribution in [-0.4, -0.2) is 18.5 Å². The quantitative estimate of drug-likeness (QED) is 0.760. The number of benzene rings is 1. The molecule has 0 aliphatic carbocycles. The summed E-state index contributed by atoms with van der Waals surface area (Å²) in [6.45, 7) is 6.26. The van der Waals surface area contributed by atoms with Gasteiger partial charge in [-0.15, -0.1) is 0 Å². The molecule has 0 spiro atoms. The van der Waals surface area contributed by atoms with E-state index < -0.39 is 0 Å². The van der Waals surface area contributed by atoms with E-state index in [1.807, 2.05) is 6.92 Å². The van der Waals surface area contributed by atoms with Crippen LogP contribution in [0.3, 0.4) is 0 Å².